The van der Waals surface area contributed by atoms with E-state index in [-0.39, 0.29) is 36.3 Å². The van der Waals surface area contributed by atoms with Gasteiger partial charge in [-0.05, 0) is 12.8 Å². The van der Waals surface area contributed by atoms with Crippen LogP contribution in [-0.2, 0) is 14.3 Å². The molecular formula is C17H25N5O5. The first kappa shape index (κ1) is 19.2. The Labute approximate surface area is 156 Å². The molecule has 3 saturated heterocycles. The van der Waals surface area contributed by atoms with E-state index in [4.69, 9.17) is 20.4 Å². The highest BCUT2D eigenvalue weighted by molar-refractivity contribution is 5.95. The number of imidazole rings is 1. The number of carbonyl (C=O) groups excluding carboxylic acids is 2. The van der Waals surface area contributed by atoms with Gasteiger partial charge in [-0.1, -0.05) is 13.8 Å². The van der Waals surface area contributed by atoms with E-state index < -0.39 is 5.72 Å². The monoisotopic (exact) mass is 379 g/mol. The standard InChI is InChI=1S/C16H23N5O3.CH2O2/c1-8(2)10-7-24-16-4-5-20(11(16)6-12(22)21(10)16)14(23)13-9(3)18-15(17)19-13;2-1-3/h8,10-11H,4-7H2,1-3H3,(H3,17,18,19);1H,(H,2,3)/t10-,11+,16-;/m0./s1. The number of likely N-dealkylation sites (tertiary alicyclic amines) is 1. The Kier molecular flexibility index (Phi) is 4.85. The second-order valence-corrected chi connectivity index (χ2v) is 7.40. The molecule has 27 heavy (non-hydrogen) atoms. The number of aromatic nitrogens is 2. The summed E-state index contributed by atoms with van der Waals surface area (Å²) in [4.78, 5) is 44.5. The van der Waals surface area contributed by atoms with E-state index in [2.05, 4.69) is 23.8 Å². The number of ether oxygens (including phenoxy) is 1. The van der Waals surface area contributed by atoms with E-state index in [0.29, 0.717) is 43.3 Å². The van der Waals surface area contributed by atoms with Crippen molar-refractivity contribution < 1.29 is 24.2 Å². The van der Waals surface area contributed by atoms with Gasteiger partial charge < -0.3 is 30.4 Å². The third-order valence-electron chi connectivity index (χ3n) is 5.62. The van der Waals surface area contributed by atoms with Crippen LogP contribution in [-0.4, -0.2) is 74.1 Å². The molecule has 0 bridgehead atoms. The van der Waals surface area contributed by atoms with Crippen LogP contribution in [0, 0.1) is 12.8 Å². The summed E-state index contributed by atoms with van der Waals surface area (Å²) in [7, 11) is 0. The van der Waals surface area contributed by atoms with Crippen molar-refractivity contribution >= 4 is 24.2 Å². The number of hydrogen-bond donors (Lipinski definition) is 3. The number of H-pyrrole nitrogens is 1. The molecule has 3 aliphatic heterocycles. The SMILES string of the molecule is Cc1[nH]c(N)nc1C(=O)N1CC[C@@]23OC[C@@H](C(C)C)N2C(=O)C[C@@H]13.O=CO. The Morgan fingerprint density at radius 3 is 2.74 bits per heavy atom. The molecule has 1 aromatic heterocycles. The highest BCUT2D eigenvalue weighted by atomic mass is 16.5. The predicted octanol–water partition coefficient (Wildman–Crippen LogP) is 0.199. The lowest BCUT2D eigenvalue weighted by Gasteiger charge is -2.34. The lowest BCUT2D eigenvalue weighted by molar-refractivity contribution is -0.139. The molecule has 4 N–H and O–H groups in total. The van der Waals surface area contributed by atoms with Crippen molar-refractivity contribution in [3.05, 3.63) is 11.4 Å². The van der Waals surface area contributed by atoms with Crippen LogP contribution in [0.1, 0.15) is 42.9 Å². The van der Waals surface area contributed by atoms with E-state index in [9.17, 15) is 9.59 Å². The zero-order chi connectivity index (χ0) is 19.9. The summed E-state index contributed by atoms with van der Waals surface area (Å²) in [6.07, 6.45) is 0.964. The molecule has 2 amide bonds. The Hall–Kier alpha value is -2.62. The second kappa shape index (κ2) is 6.84. The molecule has 4 rings (SSSR count). The van der Waals surface area contributed by atoms with Crippen molar-refractivity contribution in [2.75, 3.05) is 18.9 Å². The molecule has 4 heterocycles. The third kappa shape index (κ3) is 2.84. The van der Waals surface area contributed by atoms with Crippen LogP contribution in [0.3, 0.4) is 0 Å². The molecule has 1 spiro atoms. The van der Waals surface area contributed by atoms with Crippen LogP contribution >= 0.6 is 0 Å². The first-order chi connectivity index (χ1) is 12.8. The van der Waals surface area contributed by atoms with Crippen LogP contribution < -0.4 is 5.73 Å². The van der Waals surface area contributed by atoms with Gasteiger partial charge in [0.15, 0.2) is 17.4 Å². The van der Waals surface area contributed by atoms with Gasteiger partial charge in [0.1, 0.15) is 0 Å². The average Bonchev–Trinajstić information content (AvgIpc) is 3.29. The summed E-state index contributed by atoms with van der Waals surface area (Å²) in [5, 5.41) is 6.89. The minimum Gasteiger partial charge on any atom is -0.483 e. The number of nitrogen functional groups attached to an aromatic ring is 1. The van der Waals surface area contributed by atoms with Crippen LogP contribution in [0.25, 0.3) is 0 Å². The first-order valence-corrected chi connectivity index (χ1v) is 8.93. The topological polar surface area (TPSA) is 142 Å². The number of hydrogen-bond acceptors (Lipinski definition) is 6. The largest absolute Gasteiger partial charge is 0.483 e. The minimum absolute atomic E-state index is 0.0759. The van der Waals surface area contributed by atoms with Crippen molar-refractivity contribution in [2.24, 2.45) is 5.92 Å². The number of carboxylic acid groups (broad SMARTS) is 1. The maximum absolute atomic E-state index is 12.9. The summed E-state index contributed by atoms with van der Waals surface area (Å²) in [5.74, 6) is 0.441. The van der Waals surface area contributed by atoms with Gasteiger partial charge in [0.2, 0.25) is 5.91 Å². The first-order valence-electron chi connectivity index (χ1n) is 8.93. The van der Waals surface area contributed by atoms with Crippen LogP contribution in [0.5, 0.6) is 0 Å². The smallest absolute Gasteiger partial charge is 0.290 e. The molecule has 10 nitrogen and oxygen atoms in total. The van der Waals surface area contributed by atoms with Crippen LogP contribution in [0.4, 0.5) is 5.95 Å². The van der Waals surface area contributed by atoms with Gasteiger partial charge in [-0.2, -0.15) is 0 Å². The molecule has 3 fully saturated rings. The number of amides is 2. The molecule has 3 aliphatic rings. The molecule has 0 aromatic carbocycles. The number of aromatic amines is 1. The van der Waals surface area contributed by atoms with Crippen molar-refractivity contribution in [1.29, 1.82) is 0 Å². The molecular weight excluding hydrogens is 354 g/mol. The average molecular weight is 379 g/mol. The number of rotatable bonds is 2. The van der Waals surface area contributed by atoms with E-state index in [0.717, 1.165) is 0 Å². The maximum atomic E-state index is 12.9. The Balaban J connectivity index is 0.000000659. The Morgan fingerprint density at radius 2 is 2.19 bits per heavy atom. The third-order valence-corrected chi connectivity index (χ3v) is 5.62. The van der Waals surface area contributed by atoms with Crippen molar-refractivity contribution in [3.63, 3.8) is 0 Å². The number of anilines is 1. The molecule has 3 atom stereocenters. The van der Waals surface area contributed by atoms with Crippen molar-refractivity contribution in [1.82, 2.24) is 19.8 Å². The number of carbonyl (C=O) groups is 3. The lowest BCUT2D eigenvalue weighted by Crippen LogP contribution is -2.51. The molecule has 148 valence electrons. The quantitative estimate of drug-likeness (QED) is 0.623. The fourth-order valence-corrected chi connectivity index (χ4v) is 4.44. The van der Waals surface area contributed by atoms with Crippen molar-refractivity contribution in [2.45, 2.75) is 51.4 Å². The van der Waals surface area contributed by atoms with Crippen LogP contribution in [0.2, 0.25) is 0 Å². The fraction of sp³-hybridized carbons (Fsp3) is 0.647. The molecule has 0 unspecified atom stereocenters. The molecule has 0 aliphatic carbocycles. The summed E-state index contributed by atoms with van der Waals surface area (Å²) in [6.45, 7) is 6.82. The maximum Gasteiger partial charge on any atom is 0.290 e. The number of nitrogens with zero attached hydrogens (tertiary/aromatic N) is 3. The molecule has 0 saturated carbocycles. The number of aryl methyl sites for hydroxylation is 1. The summed E-state index contributed by atoms with van der Waals surface area (Å²) in [5.41, 5.74) is 5.97. The van der Waals surface area contributed by atoms with Crippen molar-refractivity contribution in [3.8, 4) is 0 Å². The Bertz CT molecular complexity index is 763. The summed E-state index contributed by atoms with van der Waals surface area (Å²) in [6, 6.07) is -0.168. The van der Waals surface area contributed by atoms with E-state index in [1.165, 1.54) is 0 Å². The second-order valence-electron chi connectivity index (χ2n) is 7.40. The minimum atomic E-state index is -0.655. The zero-order valence-corrected chi connectivity index (χ0v) is 15.6. The highest BCUT2D eigenvalue weighted by Gasteiger charge is 2.65. The molecule has 10 heteroatoms. The Morgan fingerprint density at radius 1 is 1.52 bits per heavy atom. The van der Waals surface area contributed by atoms with Gasteiger partial charge in [0.25, 0.3) is 12.4 Å². The number of nitrogens with one attached hydrogen (secondary N) is 1. The van der Waals surface area contributed by atoms with Gasteiger partial charge >= 0.3 is 0 Å². The van der Waals surface area contributed by atoms with E-state index in [1.807, 2.05) is 4.90 Å². The van der Waals surface area contributed by atoms with Crippen LogP contribution in [0.15, 0.2) is 0 Å². The van der Waals surface area contributed by atoms with E-state index in [1.54, 1.807) is 11.8 Å². The molecule has 0 radical (unpaired) electrons. The van der Waals surface area contributed by atoms with Gasteiger partial charge in [-0.15, -0.1) is 0 Å². The lowest BCUT2D eigenvalue weighted by atomic mass is 10.0. The van der Waals surface area contributed by atoms with Gasteiger partial charge in [0.05, 0.1) is 25.1 Å². The predicted molar refractivity (Wildman–Crippen MR) is 94.6 cm³/mol. The summed E-state index contributed by atoms with van der Waals surface area (Å²) < 4.78 is 6.14. The van der Waals surface area contributed by atoms with E-state index >= 15 is 0 Å². The van der Waals surface area contributed by atoms with Gasteiger partial charge in [0, 0.05) is 18.7 Å². The molecule has 1 aromatic rings. The normalized spacial score (nSPS) is 28.8. The van der Waals surface area contributed by atoms with Gasteiger partial charge in [-0.25, -0.2) is 4.98 Å². The number of nitrogens with two attached hydrogens (primary N) is 1. The zero-order valence-electron chi connectivity index (χ0n) is 15.6. The van der Waals surface area contributed by atoms with Gasteiger partial charge in [-0.3, -0.25) is 14.4 Å². The fourth-order valence-electron chi connectivity index (χ4n) is 4.44. The summed E-state index contributed by atoms with van der Waals surface area (Å²) >= 11 is 0. The highest BCUT2D eigenvalue weighted by Crippen LogP contribution is 2.49.